The van der Waals surface area contributed by atoms with Crippen molar-refractivity contribution < 1.29 is 9.18 Å². The number of carbonyl (C=O) groups is 1. The molecule has 104 valence electrons. The van der Waals surface area contributed by atoms with Gasteiger partial charge in [-0.25, -0.2) is 4.39 Å². The minimum absolute atomic E-state index is 0.224. The topological polar surface area (TPSA) is 41.1 Å². The highest BCUT2D eigenvalue weighted by Crippen LogP contribution is 2.20. The van der Waals surface area contributed by atoms with Crippen molar-refractivity contribution >= 4 is 33.2 Å². The number of anilines is 2. The largest absolute Gasteiger partial charge is 0.372 e. The smallest absolute Gasteiger partial charge is 0.246 e. The molecule has 0 saturated carbocycles. The van der Waals surface area contributed by atoms with Gasteiger partial charge in [0.2, 0.25) is 5.91 Å². The van der Waals surface area contributed by atoms with E-state index in [9.17, 15) is 9.18 Å². The quantitative estimate of drug-likeness (QED) is 0.885. The van der Waals surface area contributed by atoms with Crippen molar-refractivity contribution in [3.8, 4) is 0 Å². The zero-order chi connectivity index (χ0) is 14.5. The van der Waals surface area contributed by atoms with E-state index in [1.54, 1.807) is 31.2 Å². The predicted molar refractivity (Wildman–Crippen MR) is 82.3 cm³/mol. The molecule has 20 heavy (non-hydrogen) atoms. The number of hydrogen-bond donors (Lipinski definition) is 2. The fourth-order valence-corrected chi connectivity index (χ4v) is 2.01. The lowest BCUT2D eigenvalue weighted by atomic mass is 10.2. The van der Waals surface area contributed by atoms with E-state index in [-0.39, 0.29) is 5.91 Å². The summed E-state index contributed by atoms with van der Waals surface area (Å²) in [5.41, 5.74) is 1.01. The van der Waals surface area contributed by atoms with Gasteiger partial charge in [-0.05, 0) is 37.3 Å². The van der Waals surface area contributed by atoms with Crippen LogP contribution in [0.1, 0.15) is 6.92 Å². The first-order chi connectivity index (χ1) is 9.56. The van der Waals surface area contributed by atoms with Crippen LogP contribution in [0.2, 0.25) is 0 Å². The number of rotatable bonds is 4. The normalized spacial score (nSPS) is 11.8. The van der Waals surface area contributed by atoms with Gasteiger partial charge in [0.25, 0.3) is 0 Å². The predicted octanol–water partition coefficient (Wildman–Crippen LogP) is 4.03. The van der Waals surface area contributed by atoms with Gasteiger partial charge in [-0.1, -0.05) is 34.1 Å². The molecule has 0 aliphatic carbocycles. The van der Waals surface area contributed by atoms with Crippen LogP contribution in [0.15, 0.2) is 53.0 Å². The number of amides is 1. The average molecular weight is 337 g/mol. The number of para-hydroxylation sites is 1. The van der Waals surface area contributed by atoms with E-state index in [1.807, 2.05) is 18.2 Å². The Morgan fingerprint density at radius 1 is 1.20 bits per heavy atom. The number of hydrogen-bond acceptors (Lipinski definition) is 2. The second kappa shape index (κ2) is 6.52. The molecule has 0 saturated heterocycles. The first-order valence-corrected chi connectivity index (χ1v) is 6.93. The Hall–Kier alpha value is -1.88. The van der Waals surface area contributed by atoms with E-state index in [4.69, 9.17) is 0 Å². The van der Waals surface area contributed by atoms with E-state index in [0.717, 1.165) is 0 Å². The number of nitrogens with one attached hydrogen (secondary N) is 2. The lowest BCUT2D eigenvalue weighted by molar-refractivity contribution is -0.116. The van der Waals surface area contributed by atoms with Crippen molar-refractivity contribution in [1.82, 2.24) is 0 Å². The van der Waals surface area contributed by atoms with Crippen LogP contribution >= 0.6 is 15.9 Å². The molecule has 3 nitrogen and oxygen atoms in total. The zero-order valence-electron chi connectivity index (χ0n) is 10.9. The van der Waals surface area contributed by atoms with Crippen LogP contribution in [0.4, 0.5) is 15.8 Å². The molecule has 0 fully saturated rings. The summed E-state index contributed by atoms with van der Waals surface area (Å²) in [6, 6.07) is 13.2. The highest BCUT2D eigenvalue weighted by Gasteiger charge is 2.14. The van der Waals surface area contributed by atoms with E-state index in [2.05, 4.69) is 26.6 Å². The van der Waals surface area contributed by atoms with Crippen molar-refractivity contribution in [2.45, 2.75) is 13.0 Å². The van der Waals surface area contributed by atoms with E-state index in [0.29, 0.717) is 15.8 Å². The molecule has 2 aromatic rings. The molecule has 2 N–H and O–H groups in total. The van der Waals surface area contributed by atoms with E-state index < -0.39 is 11.9 Å². The lowest BCUT2D eigenvalue weighted by Crippen LogP contribution is -2.32. The molecule has 2 rings (SSSR count). The summed E-state index contributed by atoms with van der Waals surface area (Å²) < 4.78 is 14.3. The molecule has 0 radical (unpaired) electrons. The second-order valence-electron chi connectivity index (χ2n) is 4.35. The van der Waals surface area contributed by atoms with Crippen molar-refractivity contribution in [1.29, 1.82) is 0 Å². The lowest BCUT2D eigenvalue weighted by Gasteiger charge is -2.16. The highest BCUT2D eigenvalue weighted by atomic mass is 79.9. The molecular weight excluding hydrogens is 323 g/mol. The number of halogens is 2. The Labute approximate surface area is 125 Å². The summed E-state index contributed by atoms with van der Waals surface area (Å²) in [5, 5.41) is 5.61. The van der Waals surface area contributed by atoms with Crippen molar-refractivity contribution in [2.24, 2.45) is 0 Å². The SMILES string of the molecule is CC(Nc1ccc(Br)cc1F)C(=O)Nc1ccccc1. The molecule has 0 bridgehead atoms. The van der Waals surface area contributed by atoms with Crippen LogP contribution in [0.5, 0.6) is 0 Å². The van der Waals surface area contributed by atoms with Gasteiger partial charge in [-0.3, -0.25) is 4.79 Å². The summed E-state index contributed by atoms with van der Waals surface area (Å²) in [6.45, 7) is 1.68. The number of benzene rings is 2. The Morgan fingerprint density at radius 2 is 1.90 bits per heavy atom. The maximum absolute atomic E-state index is 13.7. The monoisotopic (exact) mass is 336 g/mol. The van der Waals surface area contributed by atoms with Crippen LogP contribution in [-0.4, -0.2) is 11.9 Å². The van der Waals surface area contributed by atoms with Gasteiger partial charge < -0.3 is 10.6 Å². The van der Waals surface area contributed by atoms with Crippen LogP contribution < -0.4 is 10.6 Å². The Morgan fingerprint density at radius 3 is 2.55 bits per heavy atom. The Bertz CT molecular complexity index is 604. The third kappa shape index (κ3) is 3.81. The van der Waals surface area contributed by atoms with Crippen LogP contribution in [-0.2, 0) is 4.79 Å². The molecule has 0 heterocycles. The molecule has 5 heteroatoms. The molecule has 0 spiro atoms. The van der Waals surface area contributed by atoms with Gasteiger partial charge in [0.15, 0.2) is 0 Å². The fourth-order valence-electron chi connectivity index (χ4n) is 1.68. The zero-order valence-corrected chi connectivity index (χ0v) is 12.4. The fraction of sp³-hybridized carbons (Fsp3) is 0.133. The minimum atomic E-state index is -0.550. The molecule has 2 aromatic carbocycles. The van der Waals surface area contributed by atoms with Gasteiger partial charge >= 0.3 is 0 Å². The maximum atomic E-state index is 13.7. The van der Waals surface area contributed by atoms with Gasteiger partial charge in [-0.2, -0.15) is 0 Å². The molecule has 0 aliphatic heterocycles. The van der Waals surface area contributed by atoms with Crippen molar-refractivity contribution in [2.75, 3.05) is 10.6 Å². The third-order valence-electron chi connectivity index (χ3n) is 2.74. The number of carbonyl (C=O) groups excluding carboxylic acids is 1. The van der Waals surface area contributed by atoms with E-state index >= 15 is 0 Å². The summed E-state index contributed by atoms with van der Waals surface area (Å²) >= 11 is 3.19. The first kappa shape index (κ1) is 14.5. The molecule has 1 unspecified atom stereocenters. The summed E-state index contributed by atoms with van der Waals surface area (Å²) in [4.78, 5) is 12.0. The first-order valence-electron chi connectivity index (χ1n) is 6.14. The second-order valence-corrected chi connectivity index (χ2v) is 5.26. The highest BCUT2D eigenvalue weighted by molar-refractivity contribution is 9.10. The Balaban J connectivity index is 2.00. The molecule has 1 amide bonds. The molecular formula is C15H14BrFN2O. The Kier molecular flexibility index (Phi) is 4.74. The average Bonchev–Trinajstić information content (AvgIpc) is 2.43. The molecule has 1 atom stereocenters. The van der Waals surface area contributed by atoms with Crippen molar-refractivity contribution in [3.05, 3.63) is 58.8 Å². The van der Waals surface area contributed by atoms with Crippen LogP contribution in [0, 0.1) is 5.82 Å². The van der Waals surface area contributed by atoms with E-state index in [1.165, 1.54) is 6.07 Å². The molecule has 0 aliphatic rings. The van der Waals surface area contributed by atoms with Gasteiger partial charge in [0, 0.05) is 10.2 Å². The van der Waals surface area contributed by atoms with Crippen LogP contribution in [0.25, 0.3) is 0 Å². The third-order valence-corrected chi connectivity index (χ3v) is 3.23. The standard InChI is InChI=1S/C15H14BrFN2O/c1-10(15(20)19-12-5-3-2-4-6-12)18-14-8-7-11(16)9-13(14)17/h2-10,18H,1H3,(H,19,20). The van der Waals surface area contributed by atoms with Crippen LogP contribution in [0.3, 0.4) is 0 Å². The van der Waals surface area contributed by atoms with Crippen molar-refractivity contribution in [3.63, 3.8) is 0 Å². The summed E-state index contributed by atoms with van der Waals surface area (Å²) in [5.74, 6) is -0.628. The van der Waals surface area contributed by atoms with Gasteiger partial charge in [-0.15, -0.1) is 0 Å². The summed E-state index contributed by atoms with van der Waals surface area (Å²) in [7, 11) is 0. The van der Waals surface area contributed by atoms with Gasteiger partial charge in [0.05, 0.1) is 5.69 Å². The maximum Gasteiger partial charge on any atom is 0.246 e. The molecule has 0 aromatic heterocycles. The minimum Gasteiger partial charge on any atom is -0.372 e. The van der Waals surface area contributed by atoms with Gasteiger partial charge in [0.1, 0.15) is 11.9 Å². The summed E-state index contributed by atoms with van der Waals surface area (Å²) in [6.07, 6.45) is 0.